The van der Waals surface area contributed by atoms with Crippen LogP contribution in [0.2, 0.25) is 5.02 Å². The zero-order chi connectivity index (χ0) is 17.3. The molecule has 22 heavy (non-hydrogen) atoms. The van der Waals surface area contributed by atoms with Crippen LogP contribution in [0.3, 0.4) is 0 Å². The SMILES string of the molecule is CC(CC(F)(F)F)S(=O)(=O)C(F)(C(=O)O)c1ccc(Cl)cc1. The Kier molecular flexibility index (Phi) is 5.13. The lowest BCUT2D eigenvalue weighted by atomic mass is 10.1. The molecule has 1 N–H and O–H groups in total. The van der Waals surface area contributed by atoms with Crippen LogP contribution in [-0.4, -0.2) is 30.9 Å². The van der Waals surface area contributed by atoms with E-state index in [4.69, 9.17) is 16.7 Å². The predicted molar refractivity (Wildman–Crippen MR) is 70.9 cm³/mol. The number of carboxylic acids is 1. The van der Waals surface area contributed by atoms with Gasteiger partial charge in [-0.25, -0.2) is 17.6 Å². The van der Waals surface area contributed by atoms with Crippen molar-refractivity contribution in [1.82, 2.24) is 0 Å². The summed E-state index contributed by atoms with van der Waals surface area (Å²) >= 11 is 5.54. The maximum atomic E-state index is 14.8. The molecule has 2 unspecified atom stereocenters. The van der Waals surface area contributed by atoms with Crippen molar-refractivity contribution in [3.05, 3.63) is 34.9 Å². The molecule has 0 radical (unpaired) electrons. The van der Waals surface area contributed by atoms with Crippen LogP contribution in [0, 0.1) is 0 Å². The predicted octanol–water partition coefficient (Wildman–Crippen LogP) is 3.30. The molecule has 1 aromatic carbocycles. The third kappa shape index (κ3) is 3.52. The Balaban J connectivity index is 3.41. The molecule has 1 rings (SSSR count). The smallest absolute Gasteiger partial charge is 0.390 e. The van der Waals surface area contributed by atoms with Gasteiger partial charge in [-0.2, -0.15) is 13.2 Å². The minimum atomic E-state index is -5.33. The highest BCUT2D eigenvalue weighted by molar-refractivity contribution is 7.93. The molecule has 1 aromatic rings. The van der Waals surface area contributed by atoms with Crippen molar-refractivity contribution in [2.75, 3.05) is 0 Å². The molecule has 0 saturated carbocycles. The molecule has 0 aliphatic carbocycles. The van der Waals surface area contributed by atoms with Gasteiger partial charge >= 0.3 is 17.1 Å². The average Bonchev–Trinajstić information content (AvgIpc) is 2.36. The number of hydrogen-bond acceptors (Lipinski definition) is 3. The first-order valence-corrected chi connectivity index (χ1v) is 7.73. The summed E-state index contributed by atoms with van der Waals surface area (Å²) in [5.41, 5.74) is -0.821. The number of alkyl halides is 4. The van der Waals surface area contributed by atoms with Gasteiger partial charge in [0.05, 0.1) is 11.7 Å². The number of carboxylic acid groups (broad SMARTS) is 1. The van der Waals surface area contributed by atoms with Gasteiger partial charge in [-0.05, 0) is 19.1 Å². The van der Waals surface area contributed by atoms with Gasteiger partial charge in [-0.3, -0.25) is 0 Å². The van der Waals surface area contributed by atoms with E-state index in [0.717, 1.165) is 24.3 Å². The second-order valence-electron chi connectivity index (χ2n) is 4.58. The molecule has 10 heteroatoms. The van der Waals surface area contributed by atoms with Crippen molar-refractivity contribution in [2.45, 2.75) is 29.8 Å². The Morgan fingerprint density at radius 2 is 1.68 bits per heavy atom. The van der Waals surface area contributed by atoms with Gasteiger partial charge in [0, 0.05) is 10.6 Å². The van der Waals surface area contributed by atoms with Crippen LogP contribution >= 0.6 is 11.6 Å². The third-order valence-corrected chi connectivity index (χ3v) is 5.60. The van der Waals surface area contributed by atoms with Gasteiger partial charge in [0.2, 0.25) is 9.84 Å². The van der Waals surface area contributed by atoms with Gasteiger partial charge in [-0.15, -0.1) is 0 Å². The number of aliphatic carboxylic acids is 1. The first-order chi connectivity index (χ1) is 9.82. The minimum Gasteiger partial charge on any atom is -0.478 e. The van der Waals surface area contributed by atoms with Crippen LogP contribution < -0.4 is 0 Å². The number of halogens is 5. The zero-order valence-corrected chi connectivity index (χ0v) is 12.6. The molecular weight excluding hydrogens is 352 g/mol. The van der Waals surface area contributed by atoms with E-state index in [1.54, 1.807) is 0 Å². The fraction of sp³-hybridized carbons (Fsp3) is 0.417. The second-order valence-corrected chi connectivity index (χ2v) is 7.48. The number of hydrogen-bond donors (Lipinski definition) is 1. The molecule has 0 bridgehead atoms. The summed E-state index contributed by atoms with van der Waals surface area (Å²) in [5.74, 6) is -2.41. The normalized spacial score (nSPS) is 16.8. The Bertz CT molecular complexity index is 657. The second kappa shape index (κ2) is 6.04. The molecule has 0 spiro atoms. The third-order valence-electron chi connectivity index (χ3n) is 2.93. The summed E-state index contributed by atoms with van der Waals surface area (Å²) < 4.78 is 75.9. The monoisotopic (exact) mass is 362 g/mol. The van der Waals surface area contributed by atoms with E-state index in [0.29, 0.717) is 6.92 Å². The Labute approximate surface area is 128 Å². The Morgan fingerprint density at radius 1 is 1.23 bits per heavy atom. The van der Waals surface area contributed by atoms with Crippen molar-refractivity contribution in [2.24, 2.45) is 0 Å². The summed E-state index contributed by atoms with van der Waals surface area (Å²) in [6.45, 7) is 0.607. The molecule has 4 nitrogen and oxygen atoms in total. The quantitative estimate of drug-likeness (QED) is 0.816. The van der Waals surface area contributed by atoms with Gasteiger partial charge < -0.3 is 5.11 Å². The van der Waals surface area contributed by atoms with E-state index in [1.165, 1.54) is 0 Å². The van der Waals surface area contributed by atoms with Gasteiger partial charge in [0.1, 0.15) is 0 Å². The highest BCUT2D eigenvalue weighted by atomic mass is 35.5. The highest BCUT2D eigenvalue weighted by Gasteiger charge is 2.57. The fourth-order valence-corrected chi connectivity index (χ4v) is 3.58. The molecule has 0 aliphatic rings. The minimum absolute atomic E-state index is 0.0808. The van der Waals surface area contributed by atoms with Gasteiger partial charge in [-0.1, -0.05) is 23.7 Å². The molecular formula is C12H11ClF4O4S. The molecule has 0 aromatic heterocycles. The van der Waals surface area contributed by atoms with Crippen LogP contribution in [0.4, 0.5) is 17.6 Å². The van der Waals surface area contributed by atoms with E-state index in [1.807, 2.05) is 0 Å². The first-order valence-electron chi connectivity index (χ1n) is 5.81. The summed E-state index contributed by atoms with van der Waals surface area (Å²) in [7, 11) is -5.33. The number of carbonyl (C=O) groups is 1. The van der Waals surface area contributed by atoms with Gasteiger partial charge in [0.25, 0.3) is 0 Å². The summed E-state index contributed by atoms with van der Waals surface area (Å²) in [5, 5.41) is 2.78. The standard InChI is InChI=1S/C12H11ClF4O4S/c1-7(6-11(14,15)16)22(20,21)12(17,10(18)19)8-2-4-9(13)5-3-8/h2-5,7H,6H2,1H3,(H,18,19). The molecule has 0 amide bonds. The van der Waals surface area contributed by atoms with E-state index in [2.05, 4.69) is 0 Å². The fourth-order valence-electron chi connectivity index (χ4n) is 1.79. The largest absolute Gasteiger partial charge is 0.478 e. The van der Waals surface area contributed by atoms with Crippen LogP contribution in [-0.2, 0) is 19.6 Å². The van der Waals surface area contributed by atoms with Crippen LogP contribution in [0.25, 0.3) is 0 Å². The molecule has 2 atom stereocenters. The zero-order valence-electron chi connectivity index (χ0n) is 11.1. The van der Waals surface area contributed by atoms with E-state index in [-0.39, 0.29) is 5.02 Å². The summed E-state index contributed by atoms with van der Waals surface area (Å²) in [6, 6.07) is 3.68. The highest BCUT2D eigenvalue weighted by Crippen LogP contribution is 2.39. The van der Waals surface area contributed by atoms with Crippen molar-refractivity contribution in [3.63, 3.8) is 0 Å². The first kappa shape index (κ1) is 18.7. The number of rotatable bonds is 5. The molecule has 0 fully saturated rings. The Hall–Kier alpha value is -1.35. The average molecular weight is 363 g/mol. The van der Waals surface area contributed by atoms with E-state index in [9.17, 15) is 30.8 Å². The number of benzene rings is 1. The summed E-state index contributed by atoms with van der Waals surface area (Å²) in [6.07, 6.45) is -6.74. The Morgan fingerprint density at radius 3 is 2.05 bits per heavy atom. The van der Waals surface area contributed by atoms with E-state index < -0.39 is 44.2 Å². The topological polar surface area (TPSA) is 71.4 Å². The lowest BCUT2D eigenvalue weighted by Crippen LogP contribution is -2.45. The van der Waals surface area contributed by atoms with Crippen LogP contribution in [0.1, 0.15) is 18.9 Å². The van der Waals surface area contributed by atoms with Crippen molar-refractivity contribution in [3.8, 4) is 0 Å². The summed E-state index contributed by atoms with van der Waals surface area (Å²) in [4.78, 5) is 11.2. The lowest BCUT2D eigenvalue weighted by Gasteiger charge is -2.25. The number of sulfone groups is 1. The van der Waals surface area contributed by atoms with Crippen LogP contribution in [0.5, 0.6) is 0 Å². The van der Waals surface area contributed by atoms with E-state index >= 15 is 0 Å². The molecule has 0 heterocycles. The molecule has 124 valence electrons. The lowest BCUT2D eigenvalue weighted by molar-refractivity contribution is -0.146. The maximum absolute atomic E-state index is 14.8. The van der Waals surface area contributed by atoms with Crippen molar-refractivity contribution in [1.29, 1.82) is 0 Å². The molecule has 0 saturated heterocycles. The van der Waals surface area contributed by atoms with Crippen molar-refractivity contribution >= 4 is 27.4 Å². The maximum Gasteiger partial charge on any atom is 0.390 e. The molecule has 0 aliphatic heterocycles. The van der Waals surface area contributed by atoms with Crippen molar-refractivity contribution < 1.29 is 35.9 Å². The van der Waals surface area contributed by atoms with Gasteiger partial charge in [0.15, 0.2) is 0 Å². The van der Waals surface area contributed by atoms with Crippen LogP contribution in [0.15, 0.2) is 24.3 Å².